The molecule has 0 amide bonds. The molecular formula is C19H16S4. The zero-order valence-electron chi connectivity index (χ0n) is 12.7. The summed E-state index contributed by atoms with van der Waals surface area (Å²) in [4.78, 5) is 1.29. The molecule has 3 rings (SSSR count). The monoisotopic (exact) mass is 372 g/mol. The van der Waals surface area contributed by atoms with E-state index >= 15 is 0 Å². The molecule has 0 fully saturated rings. The molecule has 0 spiro atoms. The predicted molar refractivity (Wildman–Crippen MR) is 114 cm³/mol. The lowest BCUT2D eigenvalue weighted by Crippen LogP contribution is -1.96. The second-order valence-electron chi connectivity index (χ2n) is 4.82. The van der Waals surface area contributed by atoms with Gasteiger partial charge in [0.1, 0.15) is 0 Å². The number of rotatable bonds is 4. The molecule has 1 aliphatic heterocycles. The van der Waals surface area contributed by atoms with E-state index in [1.807, 2.05) is 17.8 Å². The van der Waals surface area contributed by atoms with Crippen LogP contribution in [0, 0.1) is 0 Å². The lowest BCUT2D eigenvalue weighted by molar-refractivity contribution is 1.54. The maximum Gasteiger partial charge on any atom is 0.0801 e. The Morgan fingerprint density at radius 3 is 2.30 bits per heavy atom. The first-order valence-corrected chi connectivity index (χ1v) is 10.5. The second-order valence-corrected chi connectivity index (χ2v) is 8.95. The maximum atomic E-state index is 5.70. The van der Waals surface area contributed by atoms with Crippen LogP contribution in [0.25, 0.3) is 10.5 Å². The Bertz CT molecular complexity index is 745. The van der Waals surface area contributed by atoms with Crippen LogP contribution in [0.1, 0.15) is 18.1 Å². The zero-order valence-corrected chi connectivity index (χ0v) is 16.0. The molecule has 0 aliphatic carbocycles. The topological polar surface area (TPSA) is 0 Å². The fraction of sp³-hybridized carbons (Fsp3) is 0.105. The minimum Gasteiger partial charge on any atom is -0.114 e. The lowest BCUT2D eigenvalue weighted by atomic mass is 10.1. The van der Waals surface area contributed by atoms with E-state index in [1.54, 1.807) is 23.5 Å². The summed E-state index contributed by atoms with van der Waals surface area (Å²) in [5, 5.41) is 2.23. The molecule has 1 aliphatic rings. The smallest absolute Gasteiger partial charge is 0.0801 e. The number of hydrogen-bond donors (Lipinski definition) is 0. The van der Waals surface area contributed by atoms with Gasteiger partial charge in [0, 0.05) is 10.5 Å². The van der Waals surface area contributed by atoms with E-state index in [1.165, 1.54) is 25.8 Å². The first kappa shape index (κ1) is 16.9. The molecule has 116 valence electrons. The Kier molecular flexibility index (Phi) is 6.06. The van der Waals surface area contributed by atoms with Gasteiger partial charge in [-0.15, -0.1) is 11.8 Å². The lowest BCUT2D eigenvalue weighted by Gasteiger charge is -2.12. The van der Waals surface area contributed by atoms with Gasteiger partial charge in [-0.25, -0.2) is 0 Å². The van der Waals surface area contributed by atoms with Gasteiger partial charge in [-0.05, 0) is 22.3 Å². The van der Waals surface area contributed by atoms with E-state index < -0.39 is 0 Å². The number of thiocarbonyl (C=S) groups is 1. The van der Waals surface area contributed by atoms with Crippen LogP contribution in [0.3, 0.4) is 0 Å². The first-order chi connectivity index (χ1) is 11.3. The summed E-state index contributed by atoms with van der Waals surface area (Å²) in [5.41, 5.74) is 3.67. The highest BCUT2D eigenvalue weighted by molar-refractivity contribution is 8.32. The fourth-order valence-corrected chi connectivity index (χ4v) is 6.09. The molecular weight excluding hydrogens is 356 g/mol. The summed E-state index contributed by atoms with van der Waals surface area (Å²) >= 11 is 11.1. The minimum absolute atomic E-state index is 0.983. The molecule has 2 aromatic rings. The highest BCUT2D eigenvalue weighted by atomic mass is 32.2. The van der Waals surface area contributed by atoms with Gasteiger partial charge >= 0.3 is 0 Å². The van der Waals surface area contributed by atoms with Crippen molar-refractivity contribution in [2.24, 2.45) is 0 Å². The van der Waals surface area contributed by atoms with Crippen LogP contribution in [0.15, 0.2) is 70.3 Å². The van der Waals surface area contributed by atoms with Crippen LogP contribution < -0.4 is 0 Å². The number of thioether (sulfide) groups is 3. The van der Waals surface area contributed by atoms with Gasteiger partial charge < -0.3 is 0 Å². The van der Waals surface area contributed by atoms with Gasteiger partial charge in [-0.3, -0.25) is 0 Å². The highest BCUT2D eigenvalue weighted by Crippen LogP contribution is 2.52. The summed E-state index contributed by atoms with van der Waals surface area (Å²) in [5.74, 6) is 0.997. The molecule has 0 aromatic heterocycles. The SMILES string of the molecule is CCSC(=S)/C(=C1/SC=C(c2ccccc2)S1)c1ccccc1. The van der Waals surface area contributed by atoms with Crippen molar-refractivity contribution in [1.29, 1.82) is 0 Å². The fourth-order valence-electron chi connectivity index (χ4n) is 2.22. The van der Waals surface area contributed by atoms with Crippen LogP contribution in [-0.2, 0) is 0 Å². The van der Waals surface area contributed by atoms with Crippen molar-refractivity contribution in [1.82, 2.24) is 0 Å². The van der Waals surface area contributed by atoms with E-state index in [0.717, 1.165) is 9.95 Å². The van der Waals surface area contributed by atoms with Crippen LogP contribution in [0.2, 0.25) is 0 Å². The van der Waals surface area contributed by atoms with Crippen LogP contribution in [-0.4, -0.2) is 9.95 Å². The van der Waals surface area contributed by atoms with E-state index in [-0.39, 0.29) is 0 Å². The van der Waals surface area contributed by atoms with Gasteiger partial charge in [0.05, 0.1) is 8.43 Å². The first-order valence-electron chi connectivity index (χ1n) is 7.36. The van der Waals surface area contributed by atoms with Gasteiger partial charge in [0.25, 0.3) is 0 Å². The summed E-state index contributed by atoms with van der Waals surface area (Å²) in [6.07, 6.45) is 0. The molecule has 2 aromatic carbocycles. The van der Waals surface area contributed by atoms with E-state index in [4.69, 9.17) is 12.2 Å². The van der Waals surface area contributed by atoms with Crippen molar-refractivity contribution >= 4 is 62.2 Å². The molecule has 0 nitrogen and oxygen atoms in total. The summed E-state index contributed by atoms with van der Waals surface area (Å²) in [7, 11) is 0. The summed E-state index contributed by atoms with van der Waals surface area (Å²) < 4.78 is 2.26. The van der Waals surface area contributed by atoms with Crippen molar-refractivity contribution in [2.45, 2.75) is 6.92 Å². The largest absolute Gasteiger partial charge is 0.114 e. The third-order valence-electron chi connectivity index (χ3n) is 3.28. The van der Waals surface area contributed by atoms with Gasteiger partial charge in [0.2, 0.25) is 0 Å². The molecule has 0 saturated heterocycles. The molecule has 0 N–H and O–H groups in total. The zero-order chi connectivity index (χ0) is 16.1. The van der Waals surface area contributed by atoms with Crippen LogP contribution in [0.4, 0.5) is 0 Å². The number of benzene rings is 2. The molecule has 0 bridgehead atoms. The molecule has 1 heterocycles. The Morgan fingerprint density at radius 1 is 1.00 bits per heavy atom. The average molecular weight is 373 g/mol. The predicted octanol–water partition coefficient (Wildman–Crippen LogP) is 6.91. The maximum absolute atomic E-state index is 5.70. The van der Waals surface area contributed by atoms with Crippen LogP contribution >= 0.6 is 47.5 Å². The van der Waals surface area contributed by atoms with Crippen molar-refractivity contribution in [2.75, 3.05) is 5.75 Å². The Balaban J connectivity index is 1.95. The Hall–Kier alpha value is -0.940. The van der Waals surface area contributed by atoms with Gasteiger partial charge in [-0.1, -0.05) is 103 Å². The standard InChI is InChI=1S/C19H16S4/c1-2-21-18(20)17(15-11-7-4-8-12-15)19-22-13-16(23-19)14-9-5-3-6-10-14/h3-13H,2H2,1H3/b19-17-. The second kappa shape index (κ2) is 8.25. The van der Waals surface area contributed by atoms with Crippen LogP contribution in [0.5, 0.6) is 0 Å². The third-order valence-corrected chi connectivity index (χ3v) is 7.02. The summed E-state index contributed by atoms with van der Waals surface area (Å²) in [6, 6.07) is 21.0. The van der Waals surface area contributed by atoms with Crippen molar-refractivity contribution < 1.29 is 0 Å². The molecule has 0 saturated carbocycles. The van der Waals surface area contributed by atoms with Gasteiger partial charge in [-0.2, -0.15) is 0 Å². The molecule has 0 radical (unpaired) electrons. The van der Waals surface area contributed by atoms with E-state index in [9.17, 15) is 0 Å². The van der Waals surface area contributed by atoms with E-state index in [0.29, 0.717) is 0 Å². The Morgan fingerprint density at radius 2 is 1.65 bits per heavy atom. The molecule has 0 atom stereocenters. The normalized spacial score (nSPS) is 16.1. The summed E-state index contributed by atoms with van der Waals surface area (Å²) in [6.45, 7) is 2.15. The molecule has 0 unspecified atom stereocenters. The molecule has 23 heavy (non-hydrogen) atoms. The van der Waals surface area contributed by atoms with Crippen molar-refractivity contribution in [3.05, 3.63) is 81.4 Å². The van der Waals surface area contributed by atoms with Gasteiger partial charge in [0.15, 0.2) is 0 Å². The van der Waals surface area contributed by atoms with Crippen molar-refractivity contribution in [3.63, 3.8) is 0 Å². The number of hydrogen-bond acceptors (Lipinski definition) is 4. The average Bonchev–Trinajstić information content (AvgIpc) is 3.07. The minimum atomic E-state index is 0.983. The third kappa shape index (κ3) is 4.13. The highest BCUT2D eigenvalue weighted by Gasteiger charge is 2.21. The Labute approximate surface area is 155 Å². The van der Waals surface area contributed by atoms with E-state index in [2.05, 4.69) is 66.9 Å². The molecule has 4 heteroatoms. The quantitative estimate of drug-likeness (QED) is 0.422. The van der Waals surface area contributed by atoms with Crippen molar-refractivity contribution in [3.8, 4) is 0 Å².